The predicted molar refractivity (Wildman–Crippen MR) is 79.0 cm³/mol. The van der Waals surface area contributed by atoms with Crippen molar-refractivity contribution in [2.24, 2.45) is 5.92 Å². The maximum Gasteiger partial charge on any atom is 0.241 e. The Hall–Kier alpha value is -1.55. The molecule has 0 saturated heterocycles. The van der Waals surface area contributed by atoms with E-state index in [0.29, 0.717) is 5.69 Å². The predicted octanol–water partition coefficient (Wildman–Crippen LogP) is 2.25. The lowest BCUT2D eigenvalue weighted by molar-refractivity contribution is -0.120. The van der Waals surface area contributed by atoms with E-state index < -0.39 is 0 Å². The number of carbonyl (C=O) groups is 1. The molecule has 4 nitrogen and oxygen atoms in total. The lowest BCUT2D eigenvalue weighted by Gasteiger charge is -2.24. The topological polar surface area (TPSA) is 58.4 Å². The van der Waals surface area contributed by atoms with Crippen LogP contribution in [0.5, 0.6) is 0 Å². The van der Waals surface area contributed by atoms with Crippen molar-refractivity contribution < 1.29 is 4.79 Å². The number of nitrogens with zero attached hydrogens (tertiary/aromatic N) is 1. The number of hydrogen-bond donors (Lipinski definition) is 2. The summed E-state index contributed by atoms with van der Waals surface area (Å²) in [6.07, 6.45) is 2.60. The van der Waals surface area contributed by atoms with E-state index in [1.807, 2.05) is 39.1 Å². The molecule has 3 N–H and O–H groups in total. The van der Waals surface area contributed by atoms with Gasteiger partial charge in [0.25, 0.3) is 0 Å². The van der Waals surface area contributed by atoms with Crippen molar-refractivity contribution in [3.8, 4) is 0 Å². The zero-order chi connectivity index (χ0) is 14.0. The summed E-state index contributed by atoms with van der Waals surface area (Å²) in [7, 11) is 2.01. The molecule has 2 rings (SSSR count). The number of carbonyl (C=O) groups excluding carboxylic acids is 1. The molecular weight excluding hydrogens is 238 g/mol. The number of amides is 1. The van der Waals surface area contributed by atoms with Crippen LogP contribution in [0.2, 0.25) is 0 Å². The minimum atomic E-state index is -0.124. The number of likely N-dealkylation sites (N-methyl/N-ethyl adjacent to an activating group) is 1. The monoisotopic (exact) mass is 261 g/mol. The highest BCUT2D eigenvalue weighted by Crippen LogP contribution is 2.30. The Bertz CT molecular complexity index is 468. The van der Waals surface area contributed by atoms with E-state index in [4.69, 9.17) is 5.73 Å². The van der Waals surface area contributed by atoms with E-state index >= 15 is 0 Å². The molecule has 1 amide bonds. The van der Waals surface area contributed by atoms with Crippen molar-refractivity contribution in [1.29, 1.82) is 0 Å². The van der Waals surface area contributed by atoms with Crippen molar-refractivity contribution in [2.75, 3.05) is 24.6 Å². The van der Waals surface area contributed by atoms with Crippen molar-refractivity contribution in [1.82, 2.24) is 4.90 Å². The van der Waals surface area contributed by atoms with Crippen LogP contribution in [-0.2, 0) is 4.79 Å². The standard InChI is InChI=1S/C15H23N3O/c1-10-13(16)5-4-6-14(10)17-15(19)11(2)18(3)9-12-7-8-12/h4-6,11-12H,7-9,16H2,1-3H3,(H,17,19). The molecule has 1 fully saturated rings. The van der Waals surface area contributed by atoms with Gasteiger partial charge in [-0.05, 0) is 57.4 Å². The van der Waals surface area contributed by atoms with E-state index in [1.54, 1.807) is 0 Å². The molecule has 1 aromatic carbocycles. The highest BCUT2D eigenvalue weighted by atomic mass is 16.2. The summed E-state index contributed by atoms with van der Waals surface area (Å²) in [4.78, 5) is 14.3. The highest BCUT2D eigenvalue weighted by Gasteiger charge is 2.27. The van der Waals surface area contributed by atoms with E-state index in [0.717, 1.165) is 23.7 Å². The fourth-order valence-corrected chi connectivity index (χ4v) is 2.09. The Morgan fingerprint density at radius 3 is 2.84 bits per heavy atom. The third-order valence-electron chi connectivity index (χ3n) is 3.92. The van der Waals surface area contributed by atoms with Gasteiger partial charge in [0.1, 0.15) is 0 Å². The first-order valence-electron chi connectivity index (χ1n) is 6.85. The van der Waals surface area contributed by atoms with Crippen LogP contribution in [-0.4, -0.2) is 30.4 Å². The second-order valence-electron chi connectivity index (χ2n) is 5.57. The van der Waals surface area contributed by atoms with Crippen LogP contribution in [0.4, 0.5) is 11.4 Å². The molecular formula is C15H23N3O. The SMILES string of the molecule is Cc1c(N)cccc1NC(=O)C(C)N(C)CC1CC1. The van der Waals surface area contributed by atoms with Crippen molar-refractivity contribution in [2.45, 2.75) is 32.7 Å². The summed E-state index contributed by atoms with van der Waals surface area (Å²) in [5, 5.41) is 2.96. The number of nitrogens with one attached hydrogen (secondary N) is 1. The molecule has 0 aromatic heterocycles. The van der Waals surface area contributed by atoms with Crippen molar-refractivity contribution >= 4 is 17.3 Å². The van der Waals surface area contributed by atoms with E-state index in [2.05, 4.69) is 10.2 Å². The molecule has 1 aliphatic carbocycles. The molecule has 1 saturated carbocycles. The van der Waals surface area contributed by atoms with Gasteiger partial charge in [0.05, 0.1) is 6.04 Å². The Kier molecular flexibility index (Phi) is 4.10. The van der Waals surface area contributed by atoms with Crippen LogP contribution in [0, 0.1) is 12.8 Å². The van der Waals surface area contributed by atoms with Gasteiger partial charge in [-0.15, -0.1) is 0 Å². The number of hydrogen-bond acceptors (Lipinski definition) is 3. The number of rotatable bonds is 5. The average molecular weight is 261 g/mol. The van der Waals surface area contributed by atoms with Crippen LogP contribution in [0.3, 0.4) is 0 Å². The molecule has 0 heterocycles. The molecule has 1 aliphatic rings. The minimum Gasteiger partial charge on any atom is -0.398 e. The highest BCUT2D eigenvalue weighted by molar-refractivity contribution is 5.95. The minimum absolute atomic E-state index is 0.0249. The van der Waals surface area contributed by atoms with Gasteiger partial charge in [0.15, 0.2) is 0 Å². The Morgan fingerprint density at radius 2 is 2.21 bits per heavy atom. The first kappa shape index (κ1) is 13.9. The molecule has 0 bridgehead atoms. The van der Waals surface area contributed by atoms with E-state index in [9.17, 15) is 4.79 Å². The Labute approximate surface area is 115 Å². The summed E-state index contributed by atoms with van der Waals surface area (Å²) in [5.41, 5.74) is 8.28. The maximum absolute atomic E-state index is 12.2. The quantitative estimate of drug-likeness (QED) is 0.799. The first-order chi connectivity index (χ1) is 8.99. The summed E-state index contributed by atoms with van der Waals surface area (Å²) in [6.45, 7) is 4.87. The van der Waals surface area contributed by atoms with Gasteiger partial charge < -0.3 is 11.1 Å². The lowest BCUT2D eigenvalue weighted by Crippen LogP contribution is -2.40. The van der Waals surface area contributed by atoms with Gasteiger partial charge in [-0.2, -0.15) is 0 Å². The van der Waals surface area contributed by atoms with Gasteiger partial charge >= 0.3 is 0 Å². The van der Waals surface area contributed by atoms with Crippen molar-refractivity contribution in [3.63, 3.8) is 0 Å². The van der Waals surface area contributed by atoms with Crippen LogP contribution in [0.1, 0.15) is 25.3 Å². The third-order valence-corrected chi connectivity index (χ3v) is 3.92. The lowest BCUT2D eigenvalue weighted by atomic mass is 10.1. The van der Waals surface area contributed by atoms with Gasteiger partial charge in [-0.25, -0.2) is 0 Å². The molecule has 0 spiro atoms. The second-order valence-corrected chi connectivity index (χ2v) is 5.57. The van der Waals surface area contributed by atoms with Gasteiger partial charge in [0, 0.05) is 17.9 Å². The third kappa shape index (κ3) is 3.47. The normalized spacial score (nSPS) is 16.4. The number of benzene rings is 1. The molecule has 0 radical (unpaired) electrons. The fourth-order valence-electron chi connectivity index (χ4n) is 2.09. The first-order valence-corrected chi connectivity index (χ1v) is 6.85. The molecule has 1 aromatic rings. The van der Waals surface area contributed by atoms with Crippen molar-refractivity contribution in [3.05, 3.63) is 23.8 Å². The van der Waals surface area contributed by atoms with Gasteiger partial charge in [0.2, 0.25) is 5.91 Å². The molecule has 104 valence electrons. The largest absolute Gasteiger partial charge is 0.398 e. The Balaban J connectivity index is 1.97. The second kappa shape index (κ2) is 5.61. The molecule has 1 atom stereocenters. The summed E-state index contributed by atoms with van der Waals surface area (Å²) >= 11 is 0. The average Bonchev–Trinajstić information content (AvgIpc) is 3.17. The molecule has 0 aliphatic heterocycles. The van der Waals surface area contributed by atoms with Gasteiger partial charge in [-0.1, -0.05) is 6.07 Å². The molecule has 1 unspecified atom stereocenters. The van der Waals surface area contributed by atoms with Crippen LogP contribution < -0.4 is 11.1 Å². The van der Waals surface area contributed by atoms with Crippen LogP contribution in [0.15, 0.2) is 18.2 Å². The van der Waals surface area contributed by atoms with Crippen LogP contribution in [0.25, 0.3) is 0 Å². The van der Waals surface area contributed by atoms with Crippen LogP contribution >= 0.6 is 0 Å². The smallest absolute Gasteiger partial charge is 0.241 e. The zero-order valence-corrected chi connectivity index (χ0v) is 11.9. The summed E-state index contributed by atoms with van der Waals surface area (Å²) in [5.74, 6) is 0.811. The summed E-state index contributed by atoms with van der Waals surface area (Å²) in [6, 6.07) is 5.46. The number of nitrogens with two attached hydrogens (primary N) is 1. The van der Waals surface area contributed by atoms with Gasteiger partial charge in [-0.3, -0.25) is 9.69 Å². The summed E-state index contributed by atoms with van der Waals surface area (Å²) < 4.78 is 0. The zero-order valence-electron chi connectivity index (χ0n) is 11.9. The van der Waals surface area contributed by atoms with E-state index in [1.165, 1.54) is 12.8 Å². The molecule has 4 heteroatoms. The fraction of sp³-hybridized carbons (Fsp3) is 0.533. The molecule has 19 heavy (non-hydrogen) atoms. The Morgan fingerprint density at radius 1 is 1.53 bits per heavy atom. The maximum atomic E-state index is 12.2. The number of nitrogen functional groups attached to an aromatic ring is 1. The van der Waals surface area contributed by atoms with E-state index in [-0.39, 0.29) is 11.9 Å². The number of anilines is 2.